The molecule has 0 saturated carbocycles. The minimum atomic E-state index is -0.946. The topological polar surface area (TPSA) is 86.1 Å². The standard InChI is InChI=1S/C22H23N3O4/c26-22-6-2-5-20-17-9-15(12-24(20)22)11-23(13-17)14-19-7-8-21(29-19)16-3-1-4-18(10-16)25(27)28/h1-8,10,15,17,25,27H,9,11-14H2/t15-,17-/m0/s1. The molecule has 2 aliphatic heterocycles. The van der Waals surface area contributed by atoms with Gasteiger partial charge in [0.05, 0.1) is 6.54 Å². The first kappa shape index (κ1) is 18.3. The van der Waals surface area contributed by atoms with Gasteiger partial charge in [-0.05, 0) is 30.5 Å². The zero-order chi connectivity index (χ0) is 20.0. The Balaban J connectivity index is 1.33. The lowest BCUT2D eigenvalue weighted by Gasteiger charge is -2.42. The molecule has 5 rings (SSSR count). The molecule has 3 aromatic rings. The Labute approximate surface area is 167 Å². The van der Waals surface area contributed by atoms with E-state index >= 15 is 0 Å². The van der Waals surface area contributed by atoms with E-state index in [2.05, 4.69) is 11.0 Å². The Morgan fingerprint density at radius 2 is 1.97 bits per heavy atom. The molecule has 2 N–H and O–H groups in total. The van der Waals surface area contributed by atoms with E-state index < -0.39 is 5.23 Å². The molecule has 2 aromatic heterocycles. The number of likely N-dealkylation sites (tertiary alicyclic amines) is 1. The van der Waals surface area contributed by atoms with Gasteiger partial charge in [-0.2, -0.15) is 5.23 Å². The van der Waals surface area contributed by atoms with E-state index in [1.54, 1.807) is 24.3 Å². The molecule has 4 heterocycles. The number of nitrogens with zero attached hydrogens (tertiary/aromatic N) is 2. The van der Waals surface area contributed by atoms with Gasteiger partial charge in [-0.3, -0.25) is 9.69 Å². The van der Waals surface area contributed by atoms with Crippen molar-refractivity contribution in [1.29, 1.82) is 0 Å². The number of fused-ring (bicyclic) bond motifs is 4. The fourth-order valence-electron chi connectivity index (χ4n) is 4.77. The Bertz CT molecular complexity index is 1090. The molecule has 0 aliphatic carbocycles. The zero-order valence-electron chi connectivity index (χ0n) is 16.0. The molecule has 0 spiro atoms. The maximum absolute atomic E-state index is 12.2. The van der Waals surface area contributed by atoms with Gasteiger partial charge in [-0.1, -0.05) is 18.2 Å². The number of quaternary nitrogens is 1. The van der Waals surface area contributed by atoms with Gasteiger partial charge >= 0.3 is 0 Å². The lowest BCUT2D eigenvalue weighted by atomic mass is 9.83. The van der Waals surface area contributed by atoms with Crippen LogP contribution < -0.4 is 10.8 Å². The van der Waals surface area contributed by atoms with Gasteiger partial charge in [0.2, 0.25) is 0 Å². The van der Waals surface area contributed by atoms with Gasteiger partial charge in [0.15, 0.2) is 5.69 Å². The highest BCUT2D eigenvalue weighted by Gasteiger charge is 2.34. The molecule has 0 amide bonds. The first-order valence-electron chi connectivity index (χ1n) is 9.91. The van der Waals surface area contributed by atoms with Crippen molar-refractivity contribution in [3.8, 4) is 11.3 Å². The molecule has 7 nitrogen and oxygen atoms in total. The predicted molar refractivity (Wildman–Crippen MR) is 107 cm³/mol. The summed E-state index contributed by atoms with van der Waals surface area (Å²) in [4.78, 5) is 14.6. The van der Waals surface area contributed by atoms with Crippen molar-refractivity contribution in [1.82, 2.24) is 9.47 Å². The second-order valence-corrected chi connectivity index (χ2v) is 8.04. The van der Waals surface area contributed by atoms with Crippen LogP contribution in [0.25, 0.3) is 11.3 Å². The Morgan fingerprint density at radius 3 is 2.83 bits per heavy atom. The van der Waals surface area contributed by atoms with Gasteiger partial charge < -0.3 is 14.2 Å². The molecule has 1 fully saturated rings. The number of piperidine rings is 1. The maximum atomic E-state index is 12.2. The summed E-state index contributed by atoms with van der Waals surface area (Å²) in [6.07, 6.45) is 1.13. The third-order valence-corrected chi connectivity index (χ3v) is 5.99. The van der Waals surface area contributed by atoms with Crippen LogP contribution in [0.1, 0.15) is 23.8 Å². The van der Waals surface area contributed by atoms with Gasteiger partial charge in [0.1, 0.15) is 11.5 Å². The van der Waals surface area contributed by atoms with E-state index in [1.165, 1.54) is 0 Å². The molecule has 1 unspecified atom stereocenters. The number of aromatic nitrogens is 1. The highest BCUT2D eigenvalue weighted by Crippen LogP contribution is 2.35. The van der Waals surface area contributed by atoms with Crippen molar-refractivity contribution in [2.75, 3.05) is 13.1 Å². The summed E-state index contributed by atoms with van der Waals surface area (Å²) in [6, 6.07) is 16.2. The average Bonchev–Trinajstić information content (AvgIpc) is 3.17. The van der Waals surface area contributed by atoms with Crippen LogP contribution in [0.3, 0.4) is 0 Å². The third kappa shape index (κ3) is 3.54. The highest BCUT2D eigenvalue weighted by atomic mass is 16.8. The van der Waals surface area contributed by atoms with Crippen LogP contribution in [-0.4, -0.2) is 27.8 Å². The molecule has 2 bridgehead atoms. The van der Waals surface area contributed by atoms with E-state index in [1.807, 2.05) is 28.8 Å². The number of rotatable bonds is 4. The van der Waals surface area contributed by atoms with Crippen LogP contribution in [0.5, 0.6) is 0 Å². The molecule has 1 saturated heterocycles. The minimum absolute atomic E-state index is 0.102. The number of hydrogen-bond donors (Lipinski definition) is 2. The molecular formula is C22H23N3O4. The number of hydrogen-bond acceptors (Lipinski definition) is 5. The average molecular weight is 393 g/mol. The van der Waals surface area contributed by atoms with E-state index in [-0.39, 0.29) is 11.2 Å². The lowest BCUT2D eigenvalue weighted by molar-refractivity contribution is -0.991. The summed E-state index contributed by atoms with van der Waals surface area (Å²) < 4.78 is 7.97. The van der Waals surface area contributed by atoms with Crippen LogP contribution >= 0.6 is 0 Å². The van der Waals surface area contributed by atoms with Crippen molar-refractivity contribution >= 4 is 5.69 Å². The molecule has 0 radical (unpaired) electrons. The van der Waals surface area contributed by atoms with Crippen LogP contribution in [0, 0.1) is 11.1 Å². The van der Waals surface area contributed by atoms with Gasteiger partial charge in [0, 0.05) is 55.0 Å². The molecule has 7 heteroatoms. The lowest BCUT2D eigenvalue weighted by Crippen LogP contribution is -2.99. The summed E-state index contributed by atoms with van der Waals surface area (Å²) >= 11 is 0. The number of benzene rings is 1. The normalized spacial score (nSPS) is 22.3. The Morgan fingerprint density at radius 1 is 1.10 bits per heavy atom. The molecule has 29 heavy (non-hydrogen) atoms. The number of pyridine rings is 1. The zero-order valence-corrected chi connectivity index (χ0v) is 16.0. The molecule has 3 atom stereocenters. The van der Waals surface area contributed by atoms with Crippen LogP contribution in [-0.2, 0) is 13.1 Å². The van der Waals surface area contributed by atoms with Crippen molar-refractivity contribution in [2.24, 2.45) is 5.92 Å². The predicted octanol–water partition coefficient (Wildman–Crippen LogP) is 2.13. The summed E-state index contributed by atoms with van der Waals surface area (Å²) in [6.45, 7) is 3.35. The van der Waals surface area contributed by atoms with E-state index in [4.69, 9.17) is 4.42 Å². The first-order chi connectivity index (χ1) is 14.1. The number of nitrogens with one attached hydrogen (secondary N) is 1. The van der Waals surface area contributed by atoms with Gasteiger partial charge in [0.25, 0.3) is 5.56 Å². The van der Waals surface area contributed by atoms with Crippen molar-refractivity contribution in [3.05, 3.63) is 81.6 Å². The summed E-state index contributed by atoms with van der Waals surface area (Å²) in [7, 11) is 0. The molecule has 1 aromatic carbocycles. The summed E-state index contributed by atoms with van der Waals surface area (Å²) in [5, 5.41) is 19.4. The maximum Gasteiger partial charge on any atom is 0.250 e. The SMILES string of the molecule is O=c1cccc2n1C[C@H]1C[C@H]2CN(Cc2ccc(-c3cccc([NH+]([O-])O)c3)o2)C1. The largest absolute Gasteiger partial charge is 0.595 e. The van der Waals surface area contributed by atoms with Crippen molar-refractivity contribution in [3.63, 3.8) is 0 Å². The second-order valence-electron chi connectivity index (χ2n) is 8.04. The quantitative estimate of drug-likeness (QED) is 0.664. The number of furan rings is 1. The first-order valence-corrected chi connectivity index (χ1v) is 9.91. The van der Waals surface area contributed by atoms with Crippen LogP contribution in [0.15, 0.2) is 63.8 Å². The van der Waals surface area contributed by atoms with Crippen molar-refractivity contribution in [2.45, 2.75) is 25.4 Å². The van der Waals surface area contributed by atoms with Crippen molar-refractivity contribution < 1.29 is 14.9 Å². The highest BCUT2D eigenvalue weighted by molar-refractivity contribution is 5.61. The molecule has 2 aliphatic rings. The fraction of sp³-hybridized carbons (Fsp3) is 0.318. The van der Waals surface area contributed by atoms with E-state index in [0.717, 1.165) is 43.1 Å². The molecular weight excluding hydrogens is 370 g/mol. The smallest absolute Gasteiger partial charge is 0.250 e. The van der Waals surface area contributed by atoms with Crippen LogP contribution in [0.2, 0.25) is 0 Å². The molecule has 150 valence electrons. The Hall–Kier alpha value is -2.71. The third-order valence-electron chi connectivity index (χ3n) is 5.99. The van der Waals surface area contributed by atoms with E-state index in [0.29, 0.717) is 24.1 Å². The second kappa shape index (κ2) is 7.27. The van der Waals surface area contributed by atoms with Gasteiger partial charge in [-0.25, -0.2) is 5.21 Å². The summed E-state index contributed by atoms with van der Waals surface area (Å²) in [5.74, 6) is 2.39. The van der Waals surface area contributed by atoms with Gasteiger partial charge in [-0.15, -0.1) is 0 Å². The Kier molecular flexibility index (Phi) is 4.60. The monoisotopic (exact) mass is 393 g/mol. The fourth-order valence-corrected chi connectivity index (χ4v) is 4.77. The minimum Gasteiger partial charge on any atom is -0.595 e. The van der Waals surface area contributed by atoms with E-state index in [9.17, 15) is 15.2 Å². The summed E-state index contributed by atoms with van der Waals surface area (Å²) in [5.41, 5.74) is 2.26. The van der Waals surface area contributed by atoms with Crippen LogP contribution in [0.4, 0.5) is 5.69 Å².